The van der Waals surface area contributed by atoms with E-state index in [1.807, 2.05) is 32.9 Å². The highest BCUT2D eigenvalue weighted by molar-refractivity contribution is 5.81. The monoisotopic (exact) mass is 368 g/mol. The third-order valence-electron chi connectivity index (χ3n) is 4.79. The maximum Gasteiger partial charge on any atom is 0.261 e. The largest absolute Gasteiger partial charge is 0.480 e. The Morgan fingerprint density at radius 2 is 1.70 bits per heavy atom. The van der Waals surface area contributed by atoms with E-state index in [0.29, 0.717) is 13.0 Å². The van der Waals surface area contributed by atoms with Crippen LogP contribution >= 0.6 is 0 Å². The van der Waals surface area contributed by atoms with Gasteiger partial charge in [-0.3, -0.25) is 4.79 Å². The van der Waals surface area contributed by atoms with E-state index in [2.05, 4.69) is 54.4 Å². The van der Waals surface area contributed by atoms with Crippen molar-refractivity contribution in [2.45, 2.75) is 53.7 Å². The van der Waals surface area contributed by atoms with Gasteiger partial charge in [0.2, 0.25) is 0 Å². The van der Waals surface area contributed by atoms with Gasteiger partial charge in [-0.15, -0.1) is 0 Å². The van der Waals surface area contributed by atoms with Crippen molar-refractivity contribution in [3.8, 4) is 5.75 Å². The molecule has 1 atom stereocenters. The van der Waals surface area contributed by atoms with Crippen LogP contribution in [0.5, 0.6) is 5.75 Å². The Hall–Kier alpha value is -2.49. The van der Waals surface area contributed by atoms with E-state index < -0.39 is 6.10 Å². The van der Waals surface area contributed by atoms with Crippen molar-refractivity contribution in [1.29, 1.82) is 0 Å². The first-order valence-corrected chi connectivity index (χ1v) is 9.83. The first-order chi connectivity index (χ1) is 13.0. The number of amides is 1. The van der Waals surface area contributed by atoms with E-state index in [-0.39, 0.29) is 5.91 Å². The summed E-state index contributed by atoms with van der Waals surface area (Å²) < 4.78 is 5.96. The molecule has 0 saturated carbocycles. The average molecular weight is 369 g/mol. The molecule has 0 heterocycles. The predicted octanol–water partition coefficient (Wildman–Crippen LogP) is 4.62. The van der Waals surface area contributed by atoms with Crippen LogP contribution in [0.2, 0.25) is 0 Å². The topological polar surface area (TPSA) is 41.6 Å². The quantitative estimate of drug-likeness (QED) is 0.702. The number of carbonyl (C=O) groups is 1. The lowest BCUT2D eigenvalue weighted by Gasteiger charge is -2.21. The molecule has 0 aliphatic rings. The number of anilines is 1. The van der Waals surface area contributed by atoms with Crippen molar-refractivity contribution in [1.82, 2.24) is 5.32 Å². The fraction of sp³-hybridized carbons (Fsp3) is 0.435. The summed E-state index contributed by atoms with van der Waals surface area (Å²) in [6, 6.07) is 14.4. The summed E-state index contributed by atoms with van der Waals surface area (Å²) in [7, 11) is 0. The van der Waals surface area contributed by atoms with Gasteiger partial charge in [0.1, 0.15) is 5.75 Å². The molecule has 0 bridgehead atoms. The number of aryl methyl sites for hydroxylation is 2. The van der Waals surface area contributed by atoms with Crippen LogP contribution in [0.1, 0.15) is 43.9 Å². The van der Waals surface area contributed by atoms with Gasteiger partial charge in [-0.25, -0.2) is 0 Å². The number of carbonyl (C=O) groups excluding carboxylic acids is 1. The molecule has 4 nitrogen and oxygen atoms in total. The fourth-order valence-electron chi connectivity index (χ4n) is 3.12. The van der Waals surface area contributed by atoms with Crippen LogP contribution in [0.4, 0.5) is 5.69 Å². The third-order valence-corrected chi connectivity index (χ3v) is 4.79. The SMILES string of the molecule is CC[C@@H](Oc1ccc(C)cc1C)C(=O)NCc1ccc(N(CC)CC)cc1. The summed E-state index contributed by atoms with van der Waals surface area (Å²) in [5.41, 5.74) is 4.53. The molecular formula is C23H32N2O2. The molecule has 2 aromatic carbocycles. The second-order valence-corrected chi connectivity index (χ2v) is 6.84. The summed E-state index contributed by atoms with van der Waals surface area (Å²) >= 11 is 0. The Balaban J connectivity index is 1.94. The normalized spacial score (nSPS) is 11.7. The van der Waals surface area contributed by atoms with E-state index in [4.69, 9.17) is 4.74 Å². The second kappa shape index (κ2) is 10.0. The molecule has 1 N–H and O–H groups in total. The molecule has 27 heavy (non-hydrogen) atoms. The van der Waals surface area contributed by atoms with Crippen LogP contribution in [0.3, 0.4) is 0 Å². The average Bonchev–Trinajstić information content (AvgIpc) is 2.67. The van der Waals surface area contributed by atoms with Crippen molar-refractivity contribution in [3.05, 3.63) is 59.2 Å². The predicted molar refractivity (Wildman–Crippen MR) is 112 cm³/mol. The summed E-state index contributed by atoms with van der Waals surface area (Å²) in [4.78, 5) is 14.9. The molecule has 0 radical (unpaired) electrons. The second-order valence-electron chi connectivity index (χ2n) is 6.84. The first kappa shape index (κ1) is 20.8. The van der Waals surface area contributed by atoms with Crippen LogP contribution in [0, 0.1) is 13.8 Å². The van der Waals surface area contributed by atoms with Gasteiger partial charge in [0.05, 0.1) is 0 Å². The summed E-state index contributed by atoms with van der Waals surface area (Å²) in [6.45, 7) is 12.8. The van der Waals surface area contributed by atoms with Crippen LogP contribution in [-0.4, -0.2) is 25.1 Å². The van der Waals surface area contributed by atoms with E-state index >= 15 is 0 Å². The maximum atomic E-state index is 12.6. The smallest absolute Gasteiger partial charge is 0.261 e. The van der Waals surface area contributed by atoms with Crippen LogP contribution < -0.4 is 15.0 Å². The summed E-state index contributed by atoms with van der Waals surface area (Å²) in [5.74, 6) is 0.691. The lowest BCUT2D eigenvalue weighted by atomic mass is 10.1. The Labute approximate surface area is 163 Å². The van der Waals surface area contributed by atoms with E-state index in [9.17, 15) is 4.79 Å². The third kappa shape index (κ3) is 5.75. The fourth-order valence-corrected chi connectivity index (χ4v) is 3.12. The number of nitrogens with zero attached hydrogens (tertiary/aromatic N) is 1. The van der Waals surface area contributed by atoms with Crippen molar-refractivity contribution in [2.24, 2.45) is 0 Å². The molecule has 1 amide bonds. The molecule has 0 unspecified atom stereocenters. The van der Waals surface area contributed by atoms with Crippen LogP contribution in [-0.2, 0) is 11.3 Å². The van der Waals surface area contributed by atoms with Crippen molar-refractivity contribution in [2.75, 3.05) is 18.0 Å². The van der Waals surface area contributed by atoms with Gasteiger partial charge in [-0.2, -0.15) is 0 Å². The molecular weight excluding hydrogens is 336 g/mol. The molecule has 4 heteroatoms. The minimum atomic E-state index is -0.485. The van der Waals surface area contributed by atoms with E-state index in [1.165, 1.54) is 11.3 Å². The molecule has 0 aliphatic heterocycles. The minimum Gasteiger partial charge on any atom is -0.480 e. The molecule has 0 spiro atoms. The van der Waals surface area contributed by atoms with E-state index in [1.54, 1.807) is 0 Å². The van der Waals surface area contributed by atoms with Gasteiger partial charge in [-0.1, -0.05) is 36.8 Å². The van der Waals surface area contributed by atoms with Gasteiger partial charge < -0.3 is 15.0 Å². The number of hydrogen-bond donors (Lipinski definition) is 1. The highest BCUT2D eigenvalue weighted by atomic mass is 16.5. The zero-order valence-corrected chi connectivity index (χ0v) is 17.2. The molecule has 0 saturated heterocycles. The molecule has 146 valence electrons. The van der Waals surface area contributed by atoms with Gasteiger partial charge >= 0.3 is 0 Å². The zero-order valence-electron chi connectivity index (χ0n) is 17.2. The lowest BCUT2D eigenvalue weighted by molar-refractivity contribution is -0.128. The number of hydrogen-bond acceptors (Lipinski definition) is 3. The minimum absolute atomic E-state index is 0.0784. The van der Waals surface area contributed by atoms with E-state index in [0.717, 1.165) is 30.0 Å². The highest BCUT2D eigenvalue weighted by Gasteiger charge is 2.19. The molecule has 0 aliphatic carbocycles. The molecule has 2 rings (SSSR count). The van der Waals surface area contributed by atoms with Crippen LogP contribution in [0.25, 0.3) is 0 Å². The van der Waals surface area contributed by atoms with Gasteiger partial charge in [-0.05, 0) is 63.4 Å². The molecule has 0 aromatic heterocycles. The van der Waals surface area contributed by atoms with Crippen molar-refractivity contribution < 1.29 is 9.53 Å². The maximum absolute atomic E-state index is 12.6. The van der Waals surface area contributed by atoms with Crippen molar-refractivity contribution in [3.63, 3.8) is 0 Å². The van der Waals surface area contributed by atoms with Gasteiger partial charge in [0.25, 0.3) is 5.91 Å². The molecule has 0 fully saturated rings. The number of benzene rings is 2. The van der Waals surface area contributed by atoms with Crippen LogP contribution in [0.15, 0.2) is 42.5 Å². The molecule has 2 aromatic rings. The Morgan fingerprint density at radius 1 is 1.04 bits per heavy atom. The number of ether oxygens (including phenoxy) is 1. The first-order valence-electron chi connectivity index (χ1n) is 9.83. The summed E-state index contributed by atoms with van der Waals surface area (Å²) in [6.07, 6.45) is 0.140. The van der Waals surface area contributed by atoms with Gasteiger partial charge in [0.15, 0.2) is 6.10 Å². The standard InChI is InChI=1S/C23H32N2O2/c1-6-21(27-22-14-9-17(4)15-18(22)5)23(26)24-16-19-10-12-20(13-11-19)25(7-2)8-3/h9-15,21H,6-8,16H2,1-5H3,(H,24,26)/t21-/m1/s1. The Kier molecular flexibility index (Phi) is 7.71. The van der Waals surface area contributed by atoms with Crippen molar-refractivity contribution >= 4 is 11.6 Å². The number of rotatable bonds is 9. The Morgan fingerprint density at radius 3 is 2.26 bits per heavy atom. The summed E-state index contributed by atoms with van der Waals surface area (Å²) in [5, 5.41) is 3.00. The number of nitrogens with one attached hydrogen (secondary N) is 1. The van der Waals surface area contributed by atoms with Gasteiger partial charge in [0, 0.05) is 25.3 Å². The highest BCUT2D eigenvalue weighted by Crippen LogP contribution is 2.21. The zero-order chi connectivity index (χ0) is 19.8. The Bertz CT molecular complexity index is 737. The lowest BCUT2D eigenvalue weighted by Crippen LogP contribution is -2.37.